The maximum atomic E-state index is 11.9. The number of pyridine rings is 1. The van der Waals surface area contributed by atoms with E-state index in [9.17, 15) is 9.59 Å². The van der Waals surface area contributed by atoms with Crippen molar-refractivity contribution in [2.45, 2.75) is 44.6 Å². The van der Waals surface area contributed by atoms with Crippen LogP contribution in [0.3, 0.4) is 0 Å². The highest BCUT2D eigenvalue weighted by Crippen LogP contribution is 2.08. The van der Waals surface area contributed by atoms with Crippen LogP contribution in [0.25, 0.3) is 0 Å². The molecular formula is C16H23N3O2. The molecule has 0 radical (unpaired) electrons. The minimum absolute atomic E-state index is 0.287. The number of amides is 2. The molecule has 0 saturated carbocycles. The van der Waals surface area contributed by atoms with Crippen molar-refractivity contribution in [2.75, 3.05) is 0 Å². The van der Waals surface area contributed by atoms with Gasteiger partial charge in [-0.25, -0.2) is 0 Å². The van der Waals surface area contributed by atoms with Crippen LogP contribution < -0.4 is 11.1 Å². The van der Waals surface area contributed by atoms with E-state index in [-0.39, 0.29) is 11.6 Å². The van der Waals surface area contributed by atoms with Gasteiger partial charge in [-0.15, -0.1) is 6.58 Å². The quantitative estimate of drug-likeness (QED) is 0.511. The molecule has 1 atom stereocenters. The first-order chi connectivity index (χ1) is 10.1. The summed E-state index contributed by atoms with van der Waals surface area (Å²) in [6, 6.07) is 4.41. The zero-order valence-corrected chi connectivity index (χ0v) is 12.3. The highest BCUT2D eigenvalue weighted by molar-refractivity contribution is 5.95. The van der Waals surface area contributed by atoms with E-state index in [1.165, 1.54) is 6.20 Å². The molecule has 5 nitrogen and oxygen atoms in total. The lowest BCUT2D eigenvalue weighted by atomic mass is 10.1. The van der Waals surface area contributed by atoms with Crippen molar-refractivity contribution in [3.05, 3.63) is 42.7 Å². The smallest absolute Gasteiger partial charge is 0.270 e. The Kier molecular flexibility index (Phi) is 7.79. The van der Waals surface area contributed by atoms with Gasteiger partial charge in [-0.05, 0) is 31.4 Å². The Morgan fingerprint density at radius 3 is 2.67 bits per heavy atom. The number of hydrogen-bond donors (Lipinski definition) is 2. The topological polar surface area (TPSA) is 85.1 Å². The summed E-state index contributed by atoms with van der Waals surface area (Å²) in [7, 11) is 0. The lowest BCUT2D eigenvalue weighted by Crippen LogP contribution is -2.44. The van der Waals surface area contributed by atoms with Gasteiger partial charge in [0.1, 0.15) is 11.7 Å². The monoisotopic (exact) mass is 289 g/mol. The van der Waals surface area contributed by atoms with Crippen LogP contribution in [0.1, 0.15) is 49.0 Å². The van der Waals surface area contributed by atoms with Crippen molar-refractivity contribution in [2.24, 2.45) is 5.73 Å². The van der Waals surface area contributed by atoms with Gasteiger partial charge >= 0.3 is 0 Å². The van der Waals surface area contributed by atoms with Gasteiger partial charge in [0.25, 0.3) is 5.91 Å². The molecule has 5 heteroatoms. The van der Waals surface area contributed by atoms with E-state index >= 15 is 0 Å². The third-order valence-electron chi connectivity index (χ3n) is 3.20. The molecule has 0 bridgehead atoms. The van der Waals surface area contributed by atoms with Crippen LogP contribution in [-0.4, -0.2) is 22.8 Å². The number of allylic oxidation sites excluding steroid dienone is 1. The number of nitrogens with two attached hydrogens (primary N) is 1. The molecule has 21 heavy (non-hydrogen) atoms. The second-order valence-electron chi connectivity index (χ2n) is 4.92. The molecule has 0 fully saturated rings. The number of nitrogens with one attached hydrogen (secondary N) is 1. The number of aromatic nitrogens is 1. The largest absolute Gasteiger partial charge is 0.368 e. The lowest BCUT2D eigenvalue weighted by Gasteiger charge is -2.15. The van der Waals surface area contributed by atoms with Crippen molar-refractivity contribution >= 4 is 11.8 Å². The van der Waals surface area contributed by atoms with Gasteiger partial charge in [0, 0.05) is 6.20 Å². The molecule has 1 rings (SSSR count). The summed E-state index contributed by atoms with van der Waals surface area (Å²) in [6.45, 7) is 3.68. The number of carbonyl (C=O) groups excluding carboxylic acids is 2. The summed E-state index contributed by atoms with van der Waals surface area (Å²) in [5.41, 5.74) is 5.62. The van der Waals surface area contributed by atoms with Gasteiger partial charge in [0.2, 0.25) is 5.91 Å². The second kappa shape index (κ2) is 9.69. The Labute approximate surface area is 125 Å². The highest BCUT2D eigenvalue weighted by Gasteiger charge is 2.18. The van der Waals surface area contributed by atoms with Crippen LogP contribution in [0, 0.1) is 0 Å². The lowest BCUT2D eigenvalue weighted by molar-refractivity contribution is -0.120. The fourth-order valence-corrected chi connectivity index (χ4v) is 2.01. The molecular weight excluding hydrogens is 266 g/mol. The Balaban J connectivity index is 2.38. The van der Waals surface area contributed by atoms with E-state index in [4.69, 9.17) is 5.73 Å². The fraction of sp³-hybridized carbons (Fsp3) is 0.438. The van der Waals surface area contributed by atoms with Crippen molar-refractivity contribution in [1.29, 1.82) is 0 Å². The second-order valence-corrected chi connectivity index (χ2v) is 4.92. The van der Waals surface area contributed by atoms with E-state index in [1.807, 2.05) is 6.08 Å². The average molecular weight is 289 g/mol. The van der Waals surface area contributed by atoms with Gasteiger partial charge < -0.3 is 11.1 Å². The first-order valence-electron chi connectivity index (χ1n) is 7.27. The molecule has 114 valence electrons. The maximum absolute atomic E-state index is 11.9. The minimum atomic E-state index is -0.640. The SMILES string of the molecule is C=CCCCCCC[C@H](NC(=O)c1ccccn1)C(N)=O. The number of unbranched alkanes of at least 4 members (excludes halogenated alkanes) is 4. The van der Waals surface area contributed by atoms with Crippen molar-refractivity contribution < 1.29 is 9.59 Å². The number of rotatable bonds is 10. The molecule has 2 amide bonds. The summed E-state index contributed by atoms with van der Waals surface area (Å²) in [4.78, 5) is 27.3. The maximum Gasteiger partial charge on any atom is 0.270 e. The molecule has 0 saturated heterocycles. The molecule has 0 aromatic carbocycles. The van der Waals surface area contributed by atoms with Crippen LogP contribution >= 0.6 is 0 Å². The van der Waals surface area contributed by atoms with Crippen LogP contribution in [-0.2, 0) is 4.79 Å². The molecule has 0 spiro atoms. The predicted octanol–water partition coefficient (Wildman–Crippen LogP) is 2.19. The van der Waals surface area contributed by atoms with Crippen LogP contribution in [0.2, 0.25) is 0 Å². The third kappa shape index (κ3) is 6.70. The van der Waals surface area contributed by atoms with Gasteiger partial charge in [-0.2, -0.15) is 0 Å². The molecule has 1 aromatic heterocycles. The summed E-state index contributed by atoms with van der Waals surface area (Å²) in [5.74, 6) is -0.878. The zero-order valence-electron chi connectivity index (χ0n) is 12.3. The van der Waals surface area contributed by atoms with Crippen LogP contribution in [0.5, 0.6) is 0 Å². The van der Waals surface area contributed by atoms with Gasteiger partial charge in [-0.1, -0.05) is 31.4 Å². The van der Waals surface area contributed by atoms with Gasteiger partial charge in [0.05, 0.1) is 0 Å². The minimum Gasteiger partial charge on any atom is -0.368 e. The molecule has 3 N–H and O–H groups in total. The molecule has 0 unspecified atom stereocenters. The van der Waals surface area contributed by atoms with Crippen LogP contribution in [0.4, 0.5) is 0 Å². The standard InChI is InChI=1S/C16H23N3O2/c1-2-3-4-5-6-7-10-13(15(17)20)19-16(21)14-11-8-9-12-18-14/h2,8-9,11-13H,1,3-7,10H2,(H2,17,20)(H,19,21)/t13-/m0/s1. The van der Waals surface area contributed by atoms with E-state index in [1.54, 1.807) is 18.2 Å². The van der Waals surface area contributed by atoms with Gasteiger partial charge in [-0.3, -0.25) is 14.6 Å². The molecule has 0 aliphatic carbocycles. The van der Waals surface area contributed by atoms with Crippen LogP contribution in [0.15, 0.2) is 37.1 Å². The summed E-state index contributed by atoms with van der Waals surface area (Å²) in [6.07, 6.45) is 9.06. The van der Waals surface area contributed by atoms with E-state index in [2.05, 4.69) is 16.9 Å². The third-order valence-corrected chi connectivity index (χ3v) is 3.20. The summed E-state index contributed by atoms with van der Waals surface area (Å²) < 4.78 is 0. The number of primary amides is 1. The highest BCUT2D eigenvalue weighted by atomic mass is 16.2. The Morgan fingerprint density at radius 1 is 1.29 bits per heavy atom. The molecule has 0 aliphatic heterocycles. The average Bonchev–Trinajstić information content (AvgIpc) is 2.50. The molecule has 0 aliphatic rings. The first-order valence-corrected chi connectivity index (χ1v) is 7.27. The summed E-state index contributed by atoms with van der Waals surface area (Å²) in [5, 5.41) is 2.64. The number of nitrogens with zero attached hydrogens (tertiary/aromatic N) is 1. The van der Waals surface area contributed by atoms with Crippen molar-refractivity contribution in [3.63, 3.8) is 0 Å². The fourth-order valence-electron chi connectivity index (χ4n) is 2.01. The number of hydrogen-bond acceptors (Lipinski definition) is 3. The van der Waals surface area contributed by atoms with E-state index in [0.29, 0.717) is 6.42 Å². The molecule has 1 aromatic rings. The Morgan fingerprint density at radius 2 is 2.05 bits per heavy atom. The summed E-state index contributed by atoms with van der Waals surface area (Å²) >= 11 is 0. The molecule has 1 heterocycles. The normalized spacial score (nSPS) is 11.6. The van der Waals surface area contributed by atoms with E-state index in [0.717, 1.165) is 32.1 Å². The Bertz CT molecular complexity index is 460. The first kappa shape index (κ1) is 16.9. The van der Waals surface area contributed by atoms with E-state index < -0.39 is 11.9 Å². The Hall–Kier alpha value is -2.17. The number of carbonyl (C=O) groups is 2. The van der Waals surface area contributed by atoms with Crippen molar-refractivity contribution in [1.82, 2.24) is 10.3 Å². The predicted molar refractivity (Wildman–Crippen MR) is 82.6 cm³/mol. The van der Waals surface area contributed by atoms with Crippen molar-refractivity contribution in [3.8, 4) is 0 Å². The zero-order chi connectivity index (χ0) is 15.5. The van der Waals surface area contributed by atoms with Gasteiger partial charge in [0.15, 0.2) is 0 Å².